The zero-order valence-electron chi connectivity index (χ0n) is 11.7. The second kappa shape index (κ2) is 6.33. The maximum Gasteiger partial charge on any atom is 0.138 e. The molecule has 1 aliphatic rings. The summed E-state index contributed by atoms with van der Waals surface area (Å²) in [6, 6.07) is 11.5. The van der Waals surface area contributed by atoms with E-state index < -0.39 is 0 Å². The monoisotopic (exact) mass is 303 g/mol. The number of anilines is 1. The van der Waals surface area contributed by atoms with Crippen molar-refractivity contribution in [3.05, 3.63) is 53.2 Å². The van der Waals surface area contributed by atoms with E-state index in [9.17, 15) is 0 Å². The van der Waals surface area contributed by atoms with E-state index in [1.807, 2.05) is 36.4 Å². The fourth-order valence-electron chi connectivity index (χ4n) is 2.61. The standard InChI is InChI=1S/C16H18ClN3O/c17-14-3-1-2-4-15(14)21-13-6-8-20(11-13)10-12-5-7-19-16(18)9-12/h1-5,7,9,13H,6,8,10-11H2,(H2,18,19). The average molecular weight is 304 g/mol. The molecule has 1 aromatic carbocycles. The number of benzene rings is 1. The largest absolute Gasteiger partial charge is 0.487 e. The summed E-state index contributed by atoms with van der Waals surface area (Å²) >= 11 is 6.13. The van der Waals surface area contributed by atoms with Crippen molar-refractivity contribution in [1.29, 1.82) is 0 Å². The van der Waals surface area contributed by atoms with Gasteiger partial charge in [-0.1, -0.05) is 23.7 Å². The lowest BCUT2D eigenvalue weighted by atomic mass is 10.2. The van der Waals surface area contributed by atoms with Crippen molar-refractivity contribution in [2.75, 3.05) is 18.8 Å². The Labute approximate surface area is 129 Å². The van der Waals surface area contributed by atoms with Crippen molar-refractivity contribution >= 4 is 17.4 Å². The topological polar surface area (TPSA) is 51.4 Å². The summed E-state index contributed by atoms with van der Waals surface area (Å²) in [7, 11) is 0. The molecule has 1 unspecified atom stereocenters. The predicted octanol–water partition coefficient (Wildman–Crippen LogP) is 2.97. The van der Waals surface area contributed by atoms with Gasteiger partial charge in [-0.3, -0.25) is 4.90 Å². The van der Waals surface area contributed by atoms with E-state index in [0.29, 0.717) is 10.8 Å². The number of para-hydroxylation sites is 1. The Morgan fingerprint density at radius 3 is 3.00 bits per heavy atom. The summed E-state index contributed by atoms with van der Waals surface area (Å²) in [6.07, 6.45) is 2.94. The maximum atomic E-state index is 6.13. The van der Waals surface area contributed by atoms with E-state index in [1.165, 1.54) is 5.56 Å². The van der Waals surface area contributed by atoms with E-state index in [1.54, 1.807) is 6.20 Å². The Morgan fingerprint density at radius 2 is 2.19 bits per heavy atom. The van der Waals surface area contributed by atoms with Gasteiger partial charge in [-0.15, -0.1) is 0 Å². The van der Waals surface area contributed by atoms with Gasteiger partial charge in [0.15, 0.2) is 0 Å². The summed E-state index contributed by atoms with van der Waals surface area (Å²) in [5, 5.41) is 0.665. The lowest BCUT2D eigenvalue weighted by molar-refractivity contribution is 0.198. The van der Waals surface area contributed by atoms with Crippen LogP contribution in [-0.2, 0) is 6.54 Å². The molecule has 1 saturated heterocycles. The fourth-order valence-corrected chi connectivity index (χ4v) is 2.79. The van der Waals surface area contributed by atoms with E-state index >= 15 is 0 Å². The normalized spacial score (nSPS) is 18.8. The minimum Gasteiger partial charge on any atom is -0.487 e. The van der Waals surface area contributed by atoms with Gasteiger partial charge < -0.3 is 10.5 Å². The van der Waals surface area contributed by atoms with Crippen molar-refractivity contribution < 1.29 is 4.74 Å². The lowest BCUT2D eigenvalue weighted by Crippen LogP contribution is -2.24. The highest BCUT2D eigenvalue weighted by molar-refractivity contribution is 6.32. The van der Waals surface area contributed by atoms with Crippen LogP contribution in [0.25, 0.3) is 0 Å². The van der Waals surface area contributed by atoms with E-state index in [0.717, 1.165) is 31.8 Å². The van der Waals surface area contributed by atoms with Crippen molar-refractivity contribution in [2.45, 2.75) is 19.1 Å². The number of likely N-dealkylation sites (tertiary alicyclic amines) is 1. The Bertz CT molecular complexity index is 620. The highest BCUT2D eigenvalue weighted by Crippen LogP contribution is 2.26. The smallest absolute Gasteiger partial charge is 0.138 e. The van der Waals surface area contributed by atoms with Gasteiger partial charge in [0.05, 0.1) is 5.02 Å². The van der Waals surface area contributed by atoms with Gasteiger partial charge in [-0.25, -0.2) is 4.98 Å². The molecule has 0 saturated carbocycles. The maximum absolute atomic E-state index is 6.13. The van der Waals surface area contributed by atoms with Crippen LogP contribution in [0.1, 0.15) is 12.0 Å². The van der Waals surface area contributed by atoms with Crippen LogP contribution in [-0.4, -0.2) is 29.1 Å². The zero-order valence-corrected chi connectivity index (χ0v) is 12.5. The molecule has 1 atom stereocenters. The number of pyridine rings is 1. The minimum absolute atomic E-state index is 0.184. The molecule has 1 aromatic heterocycles. The molecule has 110 valence electrons. The van der Waals surface area contributed by atoms with Gasteiger partial charge in [-0.05, 0) is 36.2 Å². The van der Waals surface area contributed by atoms with Gasteiger partial charge >= 0.3 is 0 Å². The summed E-state index contributed by atoms with van der Waals surface area (Å²) in [4.78, 5) is 6.37. The number of halogens is 1. The van der Waals surface area contributed by atoms with Crippen LogP contribution in [0.5, 0.6) is 5.75 Å². The molecular formula is C16H18ClN3O. The average Bonchev–Trinajstić information content (AvgIpc) is 2.89. The first-order chi connectivity index (χ1) is 10.2. The molecule has 0 bridgehead atoms. The molecule has 21 heavy (non-hydrogen) atoms. The molecule has 2 aromatic rings. The van der Waals surface area contributed by atoms with Crippen LogP contribution >= 0.6 is 11.6 Å². The molecule has 4 nitrogen and oxygen atoms in total. The third-order valence-electron chi connectivity index (χ3n) is 3.61. The van der Waals surface area contributed by atoms with Crippen LogP contribution in [0.15, 0.2) is 42.6 Å². The molecule has 5 heteroatoms. The van der Waals surface area contributed by atoms with Gasteiger partial charge in [0, 0.05) is 25.8 Å². The number of hydrogen-bond acceptors (Lipinski definition) is 4. The molecule has 1 fully saturated rings. The van der Waals surface area contributed by atoms with Crippen LogP contribution in [0, 0.1) is 0 Å². The highest BCUT2D eigenvalue weighted by atomic mass is 35.5. The molecule has 0 radical (unpaired) electrons. The number of nitrogens with two attached hydrogens (primary N) is 1. The SMILES string of the molecule is Nc1cc(CN2CCC(Oc3ccccc3Cl)C2)ccn1. The quantitative estimate of drug-likeness (QED) is 0.943. The molecule has 2 N–H and O–H groups in total. The summed E-state index contributed by atoms with van der Waals surface area (Å²) in [5.74, 6) is 1.33. The number of hydrogen-bond donors (Lipinski definition) is 1. The van der Waals surface area contributed by atoms with Crippen LogP contribution < -0.4 is 10.5 Å². The number of nitrogen functional groups attached to an aromatic ring is 1. The zero-order chi connectivity index (χ0) is 14.7. The fraction of sp³-hybridized carbons (Fsp3) is 0.312. The number of aromatic nitrogens is 1. The van der Waals surface area contributed by atoms with Crippen molar-refractivity contribution in [1.82, 2.24) is 9.88 Å². The first-order valence-corrected chi connectivity index (χ1v) is 7.42. The third-order valence-corrected chi connectivity index (χ3v) is 3.92. The summed E-state index contributed by atoms with van der Waals surface area (Å²) < 4.78 is 5.99. The summed E-state index contributed by atoms with van der Waals surface area (Å²) in [5.41, 5.74) is 6.89. The van der Waals surface area contributed by atoms with Crippen molar-refractivity contribution in [3.8, 4) is 5.75 Å². The van der Waals surface area contributed by atoms with E-state index in [4.69, 9.17) is 22.1 Å². The first-order valence-electron chi connectivity index (χ1n) is 7.04. The van der Waals surface area contributed by atoms with Crippen molar-refractivity contribution in [2.24, 2.45) is 0 Å². The number of ether oxygens (including phenoxy) is 1. The molecule has 0 spiro atoms. The molecule has 0 amide bonds. The Kier molecular flexibility index (Phi) is 4.27. The van der Waals surface area contributed by atoms with Gasteiger partial charge in [0.2, 0.25) is 0 Å². The second-order valence-electron chi connectivity index (χ2n) is 5.28. The number of nitrogens with zero attached hydrogens (tertiary/aromatic N) is 2. The van der Waals surface area contributed by atoms with Gasteiger partial charge in [0.1, 0.15) is 17.7 Å². The third kappa shape index (κ3) is 3.65. The molecule has 2 heterocycles. The predicted molar refractivity (Wildman–Crippen MR) is 84.4 cm³/mol. The molecule has 0 aliphatic carbocycles. The Morgan fingerprint density at radius 1 is 1.33 bits per heavy atom. The van der Waals surface area contributed by atoms with Crippen LogP contribution in [0.2, 0.25) is 5.02 Å². The number of rotatable bonds is 4. The first kappa shape index (κ1) is 14.2. The Balaban J connectivity index is 1.57. The molecule has 1 aliphatic heterocycles. The van der Waals surface area contributed by atoms with Crippen LogP contribution in [0.3, 0.4) is 0 Å². The van der Waals surface area contributed by atoms with Gasteiger partial charge in [-0.2, -0.15) is 0 Å². The summed E-state index contributed by atoms with van der Waals surface area (Å²) in [6.45, 7) is 2.78. The highest BCUT2D eigenvalue weighted by Gasteiger charge is 2.24. The minimum atomic E-state index is 0.184. The van der Waals surface area contributed by atoms with E-state index in [2.05, 4.69) is 9.88 Å². The van der Waals surface area contributed by atoms with Crippen LogP contribution in [0.4, 0.5) is 5.82 Å². The molecular weight excluding hydrogens is 286 g/mol. The van der Waals surface area contributed by atoms with E-state index in [-0.39, 0.29) is 6.10 Å². The molecule has 3 rings (SSSR count). The van der Waals surface area contributed by atoms with Crippen molar-refractivity contribution in [3.63, 3.8) is 0 Å². The lowest BCUT2D eigenvalue weighted by Gasteiger charge is -2.17. The van der Waals surface area contributed by atoms with Gasteiger partial charge in [0.25, 0.3) is 0 Å². The Hall–Kier alpha value is -1.78. The second-order valence-corrected chi connectivity index (χ2v) is 5.69.